The summed E-state index contributed by atoms with van der Waals surface area (Å²) in [6, 6.07) is 9.31. The summed E-state index contributed by atoms with van der Waals surface area (Å²) in [5.41, 5.74) is 6.66. The van der Waals surface area contributed by atoms with Gasteiger partial charge in [-0.05, 0) is 88.6 Å². The first-order chi connectivity index (χ1) is 18.1. The van der Waals surface area contributed by atoms with Crippen molar-refractivity contribution in [2.45, 2.75) is 72.8 Å². The highest BCUT2D eigenvalue weighted by molar-refractivity contribution is 5.98. The molecule has 0 aliphatic carbocycles. The molecule has 1 aromatic carbocycles. The monoisotopic (exact) mass is 505 g/mol. The van der Waals surface area contributed by atoms with Crippen LogP contribution in [0, 0.1) is 6.92 Å². The van der Waals surface area contributed by atoms with E-state index < -0.39 is 0 Å². The molecule has 4 heterocycles. The molecule has 0 radical (unpaired) electrons. The maximum Gasteiger partial charge on any atom is 0.139 e. The van der Waals surface area contributed by atoms with E-state index in [2.05, 4.69) is 63.8 Å². The van der Waals surface area contributed by atoms with E-state index >= 15 is 0 Å². The lowest BCUT2D eigenvalue weighted by Crippen LogP contribution is -2.45. The van der Waals surface area contributed by atoms with Crippen LogP contribution < -0.4 is 5.32 Å². The molecule has 5 heteroatoms. The number of rotatable bonds is 4. The van der Waals surface area contributed by atoms with Crippen molar-refractivity contribution in [2.24, 2.45) is 0 Å². The highest BCUT2D eigenvalue weighted by Gasteiger charge is 2.23. The summed E-state index contributed by atoms with van der Waals surface area (Å²) >= 11 is 0. The van der Waals surface area contributed by atoms with Gasteiger partial charge in [0.05, 0.1) is 5.69 Å². The lowest BCUT2D eigenvalue weighted by molar-refractivity contribution is 0.103. The van der Waals surface area contributed by atoms with Crippen molar-refractivity contribution >= 4 is 22.8 Å². The van der Waals surface area contributed by atoms with Crippen LogP contribution in [0.4, 0.5) is 5.69 Å². The summed E-state index contributed by atoms with van der Waals surface area (Å²) in [5.74, 6) is 0. The summed E-state index contributed by atoms with van der Waals surface area (Å²) in [4.78, 5) is 12.8. The molecule has 0 amide bonds. The smallest absolute Gasteiger partial charge is 0.139 e. The van der Waals surface area contributed by atoms with Crippen molar-refractivity contribution < 1.29 is 0 Å². The molecule has 2 saturated heterocycles. The van der Waals surface area contributed by atoms with Crippen molar-refractivity contribution in [3.63, 3.8) is 0 Å². The van der Waals surface area contributed by atoms with Crippen LogP contribution in [-0.4, -0.2) is 66.1 Å². The molecule has 0 bridgehead atoms. The molecule has 5 rings (SSSR count). The number of anilines is 1. The quantitative estimate of drug-likeness (QED) is 0.379. The Labute approximate surface area is 226 Å². The molecule has 0 spiro atoms. The van der Waals surface area contributed by atoms with Gasteiger partial charge in [-0.25, -0.2) is 4.98 Å². The van der Waals surface area contributed by atoms with Crippen molar-refractivity contribution in [2.75, 3.05) is 45.6 Å². The average molecular weight is 506 g/mol. The van der Waals surface area contributed by atoms with Crippen LogP contribution >= 0.6 is 0 Å². The fourth-order valence-corrected chi connectivity index (χ4v) is 5.24. The summed E-state index contributed by atoms with van der Waals surface area (Å²) < 4.78 is 0. The Morgan fingerprint density at radius 2 is 1.65 bits per heavy atom. The van der Waals surface area contributed by atoms with Gasteiger partial charge < -0.3 is 20.1 Å². The minimum absolute atomic E-state index is 0.901. The number of likely N-dealkylation sites (tertiary alicyclic amines) is 2. The van der Waals surface area contributed by atoms with E-state index in [0.717, 1.165) is 33.9 Å². The topological polar surface area (TPSA) is 47.2 Å². The van der Waals surface area contributed by atoms with E-state index in [4.69, 9.17) is 0 Å². The van der Waals surface area contributed by atoms with Crippen LogP contribution in [0.5, 0.6) is 0 Å². The first-order valence-electron chi connectivity index (χ1n) is 14.4. The number of aromatic nitrogens is 2. The van der Waals surface area contributed by atoms with E-state index in [1.165, 1.54) is 69.4 Å². The summed E-state index contributed by atoms with van der Waals surface area (Å²) in [6.45, 7) is 19.3. The number of benzene rings is 1. The molecule has 204 valence electrons. The predicted molar refractivity (Wildman–Crippen MR) is 165 cm³/mol. The van der Waals surface area contributed by atoms with E-state index in [0.29, 0.717) is 0 Å². The van der Waals surface area contributed by atoms with E-state index in [1.54, 1.807) is 0 Å². The minimum Gasteiger partial charge on any atom is -0.387 e. The highest BCUT2D eigenvalue weighted by atomic mass is 15.2. The second-order valence-electron chi connectivity index (χ2n) is 9.45. The van der Waals surface area contributed by atoms with Crippen LogP contribution in [0.1, 0.15) is 70.9 Å². The molecule has 2 aromatic heterocycles. The van der Waals surface area contributed by atoms with Gasteiger partial charge in [0.25, 0.3) is 0 Å². The molecule has 0 saturated carbocycles. The number of pyridine rings is 1. The van der Waals surface area contributed by atoms with Gasteiger partial charge in [0.1, 0.15) is 5.65 Å². The number of H-pyrrole nitrogens is 1. The zero-order valence-corrected chi connectivity index (χ0v) is 24.5. The van der Waals surface area contributed by atoms with Gasteiger partial charge in [0.15, 0.2) is 0 Å². The van der Waals surface area contributed by atoms with Gasteiger partial charge in [-0.3, -0.25) is 0 Å². The van der Waals surface area contributed by atoms with Crippen LogP contribution in [0.25, 0.3) is 28.2 Å². The molecule has 2 aliphatic heterocycles. The van der Waals surface area contributed by atoms with Gasteiger partial charge in [-0.1, -0.05) is 65.0 Å². The molecular formula is C32H51N5. The number of aromatic amines is 1. The fourth-order valence-electron chi connectivity index (χ4n) is 5.24. The van der Waals surface area contributed by atoms with Crippen molar-refractivity contribution in [1.29, 1.82) is 0 Å². The van der Waals surface area contributed by atoms with Gasteiger partial charge in [0.2, 0.25) is 0 Å². The lowest BCUT2D eigenvalue weighted by atomic mass is 9.97. The van der Waals surface area contributed by atoms with Crippen LogP contribution in [0.15, 0.2) is 43.2 Å². The van der Waals surface area contributed by atoms with E-state index in [9.17, 15) is 0 Å². The molecule has 5 nitrogen and oxygen atoms in total. The number of nitrogens with zero attached hydrogens (tertiary/aromatic N) is 3. The largest absolute Gasteiger partial charge is 0.387 e. The molecule has 37 heavy (non-hydrogen) atoms. The number of nitrogens with one attached hydrogen (secondary N) is 2. The summed E-state index contributed by atoms with van der Waals surface area (Å²) in [7, 11) is 4.19. The molecular weight excluding hydrogens is 454 g/mol. The zero-order chi connectivity index (χ0) is 27.2. The first kappa shape index (κ1) is 30.6. The molecule has 2 aliphatic rings. The Morgan fingerprint density at radius 3 is 2.24 bits per heavy atom. The standard InChI is InChI=1S/C17H17N3.C11H22N2.2C2H6/c1-4-12-5-6-13(11(2)9-12)15-10-20-17-14(7-8-19-17)16(15)18-3;1-12-9-5-11(6-10-12)13-7-3-2-4-8-13;2*1-2/h4-10H,1H2,2-3H3,(H2,18,19,20);11H,2-10H2,1H3;2*1-2H3. The zero-order valence-electron chi connectivity index (χ0n) is 24.5. The molecule has 0 atom stereocenters. The van der Waals surface area contributed by atoms with Gasteiger partial charge in [-0.15, -0.1) is 0 Å². The number of aryl methyl sites for hydroxylation is 1. The Balaban J connectivity index is 0.000000245. The van der Waals surface area contributed by atoms with E-state index in [1.807, 2.05) is 59.3 Å². The van der Waals surface area contributed by atoms with Gasteiger partial charge in [0, 0.05) is 36.4 Å². The molecule has 0 unspecified atom stereocenters. The highest BCUT2D eigenvalue weighted by Crippen LogP contribution is 2.35. The fraction of sp³-hybridized carbons (Fsp3) is 0.531. The third-order valence-corrected chi connectivity index (χ3v) is 7.21. The third-order valence-electron chi connectivity index (χ3n) is 7.21. The second kappa shape index (κ2) is 16.3. The summed E-state index contributed by atoms with van der Waals surface area (Å²) in [5, 5.41) is 4.41. The minimum atomic E-state index is 0.901. The molecule has 2 fully saturated rings. The van der Waals surface area contributed by atoms with Crippen LogP contribution in [0.2, 0.25) is 0 Å². The van der Waals surface area contributed by atoms with Gasteiger partial charge in [-0.2, -0.15) is 0 Å². The number of hydrogen-bond donors (Lipinski definition) is 2. The predicted octanol–water partition coefficient (Wildman–Crippen LogP) is 7.84. The third kappa shape index (κ3) is 8.18. The van der Waals surface area contributed by atoms with Crippen molar-refractivity contribution in [1.82, 2.24) is 19.8 Å². The normalized spacial score (nSPS) is 16.4. The molecule has 2 N–H and O–H groups in total. The maximum atomic E-state index is 4.49. The van der Waals surface area contributed by atoms with Crippen LogP contribution in [0.3, 0.4) is 0 Å². The average Bonchev–Trinajstić information content (AvgIpc) is 3.45. The van der Waals surface area contributed by atoms with Crippen molar-refractivity contribution in [3.8, 4) is 11.1 Å². The van der Waals surface area contributed by atoms with Gasteiger partial charge >= 0.3 is 0 Å². The maximum absolute atomic E-state index is 4.49. The Bertz CT molecular complexity index is 1060. The lowest BCUT2D eigenvalue weighted by Gasteiger charge is -2.39. The van der Waals surface area contributed by atoms with Crippen molar-refractivity contribution in [3.05, 3.63) is 54.4 Å². The Hall–Kier alpha value is -2.63. The van der Waals surface area contributed by atoms with E-state index in [-0.39, 0.29) is 0 Å². The number of piperidine rings is 2. The SMILES string of the molecule is C=Cc1ccc(-c2cnc3[nH]ccc3c2NC)c(C)c1.CC.CC.CN1CCC(N2CCCCC2)CC1. The molecule has 3 aromatic rings. The number of fused-ring (bicyclic) bond motifs is 1. The first-order valence-corrected chi connectivity index (χ1v) is 14.4. The van der Waals surface area contributed by atoms with Crippen LogP contribution in [-0.2, 0) is 0 Å². The number of hydrogen-bond acceptors (Lipinski definition) is 4. The Morgan fingerprint density at radius 1 is 0.973 bits per heavy atom. The second-order valence-corrected chi connectivity index (χ2v) is 9.45. The Kier molecular flexibility index (Phi) is 13.4. The summed E-state index contributed by atoms with van der Waals surface area (Å²) in [6.07, 6.45) is 12.8.